The van der Waals surface area contributed by atoms with Gasteiger partial charge in [0, 0.05) is 38.0 Å². The van der Waals surface area contributed by atoms with Crippen molar-refractivity contribution in [3.05, 3.63) is 47.0 Å². The number of hydrogen-bond donors (Lipinski definition) is 3. The highest BCUT2D eigenvalue weighted by molar-refractivity contribution is 5.95. The first-order chi connectivity index (χ1) is 19.1. The summed E-state index contributed by atoms with van der Waals surface area (Å²) in [5, 5.41) is 35.9. The maximum Gasteiger partial charge on any atom is 0.303 e. The molecular formula is C31H40O10. The standard InChI is InChI=1S/C31H40O10/c1-16-20(34)13-31(37)27(38-14-19-10-8-7-9-11-19)25-29(6,21(35)12-22-30(25,15-39-22)41-18(3)33)26(36)24(40-17(2)32)23(16)28(31,4)5/h7-11,20-22,24-25,27,34-35,37H,12-15H2,1-6H3/t20-,21-,22+,24+,25?,27?,29+,30-,31+/m0/s1. The molecule has 1 saturated heterocycles. The maximum atomic E-state index is 14.8. The number of aliphatic hydroxyl groups excluding tert-OH is 2. The number of fused-ring (bicyclic) bond motifs is 5. The van der Waals surface area contributed by atoms with Crippen LogP contribution in [0.3, 0.4) is 0 Å². The Morgan fingerprint density at radius 1 is 1.07 bits per heavy atom. The summed E-state index contributed by atoms with van der Waals surface area (Å²) in [4.78, 5) is 39.8. The van der Waals surface area contributed by atoms with Crippen molar-refractivity contribution in [2.75, 3.05) is 6.61 Å². The van der Waals surface area contributed by atoms with Gasteiger partial charge in [-0.2, -0.15) is 0 Å². The van der Waals surface area contributed by atoms with E-state index in [4.69, 9.17) is 18.9 Å². The summed E-state index contributed by atoms with van der Waals surface area (Å²) < 4.78 is 24.1. The van der Waals surface area contributed by atoms with Crippen LogP contribution < -0.4 is 0 Å². The van der Waals surface area contributed by atoms with E-state index in [2.05, 4.69) is 0 Å². The lowest BCUT2D eigenvalue weighted by molar-refractivity contribution is -0.351. The van der Waals surface area contributed by atoms with E-state index in [0.717, 1.165) is 5.56 Å². The molecule has 2 saturated carbocycles. The van der Waals surface area contributed by atoms with E-state index in [1.165, 1.54) is 13.8 Å². The molecule has 0 radical (unpaired) electrons. The molecule has 1 aliphatic heterocycles. The number of rotatable bonds is 5. The highest BCUT2D eigenvalue weighted by atomic mass is 16.6. The van der Waals surface area contributed by atoms with Crippen molar-refractivity contribution in [2.45, 2.75) is 103 Å². The SMILES string of the molecule is CC(=O)O[C@H]1C(=O)[C@@]2(C)C(C(OCc3ccccc3)[C@]3(O)C[C@H](O)C(C)=C1C3(C)C)[C@]1(OC(C)=O)CO[C@@H]1C[C@@H]2O. The van der Waals surface area contributed by atoms with Gasteiger partial charge in [-0.1, -0.05) is 44.2 Å². The van der Waals surface area contributed by atoms with Crippen LogP contribution >= 0.6 is 0 Å². The van der Waals surface area contributed by atoms with Crippen molar-refractivity contribution in [1.29, 1.82) is 0 Å². The number of benzene rings is 1. The third-order valence-corrected chi connectivity index (χ3v) is 10.2. The molecule has 0 aromatic heterocycles. The molecule has 0 spiro atoms. The predicted molar refractivity (Wildman–Crippen MR) is 144 cm³/mol. The number of aliphatic hydroxyl groups is 3. The van der Waals surface area contributed by atoms with E-state index in [1.807, 2.05) is 30.3 Å². The van der Waals surface area contributed by atoms with Gasteiger partial charge in [-0.15, -0.1) is 0 Å². The molecule has 2 bridgehead atoms. The van der Waals surface area contributed by atoms with Gasteiger partial charge in [0.2, 0.25) is 0 Å². The highest BCUT2D eigenvalue weighted by Gasteiger charge is 2.77. The molecule has 224 valence electrons. The van der Waals surface area contributed by atoms with Crippen LogP contribution in [0.1, 0.15) is 59.9 Å². The molecule has 1 aromatic carbocycles. The minimum Gasteiger partial charge on any atom is -0.454 e. The summed E-state index contributed by atoms with van der Waals surface area (Å²) >= 11 is 0. The summed E-state index contributed by atoms with van der Waals surface area (Å²) in [6, 6.07) is 9.28. The maximum absolute atomic E-state index is 14.8. The average molecular weight is 573 g/mol. The Hall–Kier alpha value is -2.63. The van der Waals surface area contributed by atoms with Crippen molar-refractivity contribution in [3.63, 3.8) is 0 Å². The van der Waals surface area contributed by atoms with E-state index in [-0.39, 0.29) is 31.6 Å². The summed E-state index contributed by atoms with van der Waals surface area (Å²) in [6.07, 6.45) is -6.19. The lowest BCUT2D eigenvalue weighted by Crippen LogP contribution is -2.81. The highest BCUT2D eigenvalue weighted by Crippen LogP contribution is 2.64. The van der Waals surface area contributed by atoms with E-state index < -0.39 is 76.2 Å². The summed E-state index contributed by atoms with van der Waals surface area (Å²) in [6.45, 7) is 9.06. The molecule has 10 heteroatoms. The molecule has 0 amide bonds. The van der Waals surface area contributed by atoms with E-state index >= 15 is 0 Å². The van der Waals surface area contributed by atoms with Gasteiger partial charge in [-0.05, 0) is 30.6 Å². The molecule has 3 aliphatic carbocycles. The third kappa shape index (κ3) is 4.21. The van der Waals surface area contributed by atoms with Gasteiger partial charge in [0.25, 0.3) is 0 Å². The average Bonchev–Trinajstić information content (AvgIpc) is 2.88. The van der Waals surface area contributed by atoms with Gasteiger partial charge in [0.15, 0.2) is 17.5 Å². The molecule has 9 atom stereocenters. The topological polar surface area (TPSA) is 149 Å². The van der Waals surface area contributed by atoms with Crippen molar-refractivity contribution < 1.29 is 48.7 Å². The zero-order valence-corrected chi connectivity index (χ0v) is 24.4. The molecule has 4 aliphatic rings. The van der Waals surface area contributed by atoms with Gasteiger partial charge < -0.3 is 34.3 Å². The molecule has 10 nitrogen and oxygen atoms in total. The number of carbonyl (C=O) groups excluding carboxylic acids is 3. The Morgan fingerprint density at radius 3 is 2.29 bits per heavy atom. The van der Waals surface area contributed by atoms with Gasteiger partial charge in [0.05, 0.1) is 36.9 Å². The van der Waals surface area contributed by atoms with Gasteiger partial charge in [0.1, 0.15) is 11.7 Å². The second-order valence-corrected chi connectivity index (χ2v) is 12.8. The number of ketones is 1. The lowest BCUT2D eigenvalue weighted by Gasteiger charge is -2.67. The van der Waals surface area contributed by atoms with Crippen molar-refractivity contribution >= 4 is 17.7 Å². The zero-order chi connectivity index (χ0) is 30.1. The fourth-order valence-electron chi connectivity index (χ4n) is 7.98. The molecule has 3 fully saturated rings. The van der Waals surface area contributed by atoms with Crippen LogP contribution in [-0.4, -0.2) is 81.4 Å². The monoisotopic (exact) mass is 572 g/mol. The summed E-state index contributed by atoms with van der Waals surface area (Å²) in [5.41, 5.74) is -4.80. The van der Waals surface area contributed by atoms with Gasteiger partial charge >= 0.3 is 11.9 Å². The molecular weight excluding hydrogens is 532 g/mol. The smallest absolute Gasteiger partial charge is 0.303 e. The molecule has 41 heavy (non-hydrogen) atoms. The number of carbonyl (C=O) groups is 3. The minimum atomic E-state index is -1.87. The van der Waals surface area contributed by atoms with Crippen LogP contribution in [0.4, 0.5) is 0 Å². The number of Topliss-reactive ketones (excluding diaryl/α,β-unsaturated/α-hetero) is 1. The third-order valence-electron chi connectivity index (χ3n) is 10.2. The Balaban J connectivity index is 1.81. The molecule has 1 aromatic rings. The number of hydrogen-bond acceptors (Lipinski definition) is 10. The summed E-state index contributed by atoms with van der Waals surface area (Å²) in [7, 11) is 0. The van der Waals surface area contributed by atoms with Crippen LogP contribution in [0.2, 0.25) is 0 Å². The van der Waals surface area contributed by atoms with E-state index in [0.29, 0.717) is 5.57 Å². The molecule has 5 rings (SSSR count). The van der Waals surface area contributed by atoms with Crippen LogP contribution in [0.15, 0.2) is 41.5 Å². The summed E-state index contributed by atoms with van der Waals surface area (Å²) in [5.74, 6) is -3.09. The normalized spacial score (nSPS) is 41.2. The van der Waals surface area contributed by atoms with Crippen molar-refractivity contribution in [1.82, 2.24) is 0 Å². The minimum absolute atomic E-state index is 0.0211. The van der Waals surface area contributed by atoms with Crippen LogP contribution in [0.25, 0.3) is 0 Å². The fourth-order valence-corrected chi connectivity index (χ4v) is 7.98. The fraction of sp³-hybridized carbons (Fsp3) is 0.645. The molecule has 2 unspecified atom stereocenters. The van der Waals surface area contributed by atoms with Crippen molar-refractivity contribution in [2.24, 2.45) is 16.7 Å². The van der Waals surface area contributed by atoms with Crippen LogP contribution in [0.5, 0.6) is 0 Å². The zero-order valence-electron chi connectivity index (χ0n) is 24.4. The van der Waals surface area contributed by atoms with Gasteiger partial charge in [-0.3, -0.25) is 14.4 Å². The Kier molecular flexibility index (Phi) is 7.27. The predicted octanol–water partition coefficient (Wildman–Crippen LogP) is 2.01. The second kappa shape index (κ2) is 9.98. The number of esters is 2. The largest absolute Gasteiger partial charge is 0.454 e. The molecule has 1 heterocycles. The first kappa shape index (κ1) is 29.8. The second-order valence-electron chi connectivity index (χ2n) is 12.8. The van der Waals surface area contributed by atoms with Crippen molar-refractivity contribution in [3.8, 4) is 0 Å². The molecule has 3 N–H and O–H groups in total. The number of ether oxygens (including phenoxy) is 4. The van der Waals surface area contributed by atoms with E-state index in [9.17, 15) is 29.7 Å². The Bertz CT molecular complexity index is 1270. The Labute approximate surface area is 239 Å². The van der Waals surface area contributed by atoms with Gasteiger partial charge in [-0.25, -0.2) is 0 Å². The first-order valence-electron chi connectivity index (χ1n) is 14.1. The van der Waals surface area contributed by atoms with Crippen LogP contribution in [-0.2, 0) is 39.9 Å². The lowest BCUT2D eigenvalue weighted by atomic mass is 9.44. The Morgan fingerprint density at radius 2 is 1.73 bits per heavy atom. The van der Waals surface area contributed by atoms with Crippen LogP contribution in [0, 0.1) is 16.7 Å². The van der Waals surface area contributed by atoms with E-state index in [1.54, 1.807) is 27.7 Å². The first-order valence-corrected chi connectivity index (χ1v) is 14.1. The quantitative estimate of drug-likeness (QED) is 0.353.